The maximum absolute atomic E-state index is 11.6. The fraction of sp³-hybridized carbons (Fsp3) is 0.0667. The summed E-state index contributed by atoms with van der Waals surface area (Å²) in [5, 5.41) is 11.2. The van der Waals surface area contributed by atoms with E-state index in [0.717, 1.165) is 5.56 Å². The van der Waals surface area contributed by atoms with Crippen molar-refractivity contribution in [3.63, 3.8) is 0 Å². The molecule has 1 aromatic heterocycles. The van der Waals surface area contributed by atoms with Crippen LogP contribution in [0.5, 0.6) is 0 Å². The first-order valence-electron chi connectivity index (χ1n) is 6.22. The number of hydrogen-bond acceptors (Lipinski definition) is 4. The summed E-state index contributed by atoms with van der Waals surface area (Å²) in [4.78, 5) is 22.7. The Morgan fingerprint density at radius 3 is 2.57 bits per heavy atom. The van der Waals surface area contributed by atoms with E-state index in [1.165, 1.54) is 12.3 Å². The molecule has 2 amide bonds. The molecule has 0 aliphatic rings. The molecule has 0 fully saturated rings. The highest BCUT2D eigenvalue weighted by Crippen LogP contribution is 2.05. The largest absolute Gasteiger partial charge is 0.465 e. The maximum atomic E-state index is 11.6. The van der Waals surface area contributed by atoms with Gasteiger partial charge in [0.15, 0.2) is 0 Å². The summed E-state index contributed by atoms with van der Waals surface area (Å²) in [6, 6.07) is 10.00. The van der Waals surface area contributed by atoms with E-state index >= 15 is 0 Å². The van der Waals surface area contributed by atoms with Gasteiger partial charge in [-0.2, -0.15) is 0 Å². The van der Waals surface area contributed by atoms with E-state index < -0.39 is 5.91 Å². The van der Waals surface area contributed by atoms with Crippen LogP contribution in [0.25, 0.3) is 6.08 Å². The molecule has 0 spiro atoms. The zero-order chi connectivity index (χ0) is 15.1. The van der Waals surface area contributed by atoms with Crippen molar-refractivity contribution in [1.29, 1.82) is 0 Å². The van der Waals surface area contributed by atoms with E-state index in [1.807, 2.05) is 0 Å². The molecule has 6 nitrogen and oxygen atoms in total. The van der Waals surface area contributed by atoms with Gasteiger partial charge in [0.25, 0.3) is 5.91 Å². The topological polar surface area (TPSA) is 91.6 Å². The average molecular weight is 286 g/mol. The molecule has 108 valence electrons. The molecule has 0 saturated heterocycles. The second-order valence-electron chi connectivity index (χ2n) is 4.20. The maximum Gasteiger partial charge on any atom is 0.274 e. The minimum absolute atomic E-state index is 0.247. The van der Waals surface area contributed by atoms with Gasteiger partial charge in [0.05, 0.1) is 6.26 Å². The van der Waals surface area contributed by atoms with E-state index in [9.17, 15) is 9.59 Å². The van der Waals surface area contributed by atoms with Crippen LogP contribution in [0, 0.1) is 0 Å². The van der Waals surface area contributed by atoms with Crippen molar-refractivity contribution in [1.82, 2.24) is 10.8 Å². The van der Waals surface area contributed by atoms with Gasteiger partial charge in [0.2, 0.25) is 5.91 Å². The van der Waals surface area contributed by atoms with Crippen LogP contribution < -0.4 is 10.8 Å². The van der Waals surface area contributed by atoms with Crippen LogP contribution in [-0.4, -0.2) is 17.0 Å². The summed E-state index contributed by atoms with van der Waals surface area (Å²) in [5.74, 6) is -0.222. The molecule has 6 heteroatoms. The van der Waals surface area contributed by atoms with E-state index in [0.29, 0.717) is 17.9 Å². The predicted octanol–water partition coefficient (Wildman–Crippen LogP) is 1.73. The van der Waals surface area contributed by atoms with Gasteiger partial charge in [-0.1, -0.05) is 12.1 Å². The Balaban J connectivity index is 1.85. The summed E-state index contributed by atoms with van der Waals surface area (Å²) < 4.78 is 5.07. The smallest absolute Gasteiger partial charge is 0.274 e. The lowest BCUT2D eigenvalue weighted by Crippen LogP contribution is -2.21. The third-order valence-electron chi connectivity index (χ3n) is 2.73. The molecule has 1 heterocycles. The number of benzene rings is 1. The molecule has 1 aromatic carbocycles. The molecule has 0 bridgehead atoms. The third kappa shape index (κ3) is 4.32. The number of carbonyl (C=O) groups excluding carboxylic acids is 2. The van der Waals surface area contributed by atoms with Gasteiger partial charge in [-0.05, 0) is 35.9 Å². The molecule has 0 atom stereocenters. The third-order valence-corrected chi connectivity index (χ3v) is 2.73. The number of carbonyl (C=O) groups is 2. The number of amides is 2. The second-order valence-corrected chi connectivity index (χ2v) is 4.20. The number of furan rings is 1. The van der Waals surface area contributed by atoms with Crippen molar-refractivity contribution in [3.8, 4) is 0 Å². The molecule has 0 unspecified atom stereocenters. The van der Waals surface area contributed by atoms with Crippen molar-refractivity contribution in [2.45, 2.75) is 6.54 Å². The van der Waals surface area contributed by atoms with Crippen LogP contribution in [-0.2, 0) is 11.3 Å². The standard InChI is InChI=1S/C15H14N2O4/c18-14(8-7-13-2-1-9-21-13)16-10-11-3-5-12(6-4-11)15(19)17-20/h1-9,20H,10H2,(H,16,18)(H,17,19). The normalized spacial score (nSPS) is 10.5. The lowest BCUT2D eigenvalue weighted by atomic mass is 10.1. The Labute approximate surface area is 121 Å². The zero-order valence-corrected chi connectivity index (χ0v) is 11.1. The Bertz CT molecular complexity index is 630. The SMILES string of the molecule is O=C(C=Cc1ccco1)NCc1ccc(C(=O)NO)cc1. The van der Waals surface area contributed by atoms with Crippen LogP contribution in [0.4, 0.5) is 0 Å². The van der Waals surface area contributed by atoms with Gasteiger partial charge in [-0.15, -0.1) is 0 Å². The minimum Gasteiger partial charge on any atom is -0.465 e. The van der Waals surface area contributed by atoms with Gasteiger partial charge < -0.3 is 9.73 Å². The average Bonchev–Trinajstić information content (AvgIpc) is 3.04. The van der Waals surface area contributed by atoms with E-state index in [4.69, 9.17) is 9.62 Å². The number of hydrogen-bond donors (Lipinski definition) is 3. The summed E-state index contributed by atoms with van der Waals surface area (Å²) in [6.07, 6.45) is 4.48. The molecule has 0 aliphatic carbocycles. The highest BCUT2D eigenvalue weighted by atomic mass is 16.5. The molecular weight excluding hydrogens is 272 g/mol. The van der Waals surface area contributed by atoms with Crippen molar-refractivity contribution < 1.29 is 19.2 Å². The predicted molar refractivity (Wildman–Crippen MR) is 75.3 cm³/mol. The van der Waals surface area contributed by atoms with Gasteiger partial charge in [0.1, 0.15) is 5.76 Å². The first-order valence-corrected chi connectivity index (χ1v) is 6.22. The van der Waals surface area contributed by atoms with E-state index in [2.05, 4.69) is 5.32 Å². The number of rotatable bonds is 5. The van der Waals surface area contributed by atoms with Crippen LogP contribution in [0.1, 0.15) is 21.7 Å². The Hall–Kier alpha value is -2.86. The quantitative estimate of drug-likeness (QED) is 0.443. The number of hydroxylamine groups is 1. The van der Waals surface area contributed by atoms with Gasteiger partial charge in [-0.3, -0.25) is 14.8 Å². The van der Waals surface area contributed by atoms with Crippen molar-refractivity contribution in [2.24, 2.45) is 0 Å². The first kappa shape index (κ1) is 14.5. The fourth-order valence-electron chi connectivity index (χ4n) is 1.63. The molecule has 0 saturated carbocycles. The molecule has 2 aromatic rings. The number of nitrogens with one attached hydrogen (secondary N) is 2. The summed E-state index contributed by atoms with van der Waals surface area (Å²) >= 11 is 0. The second kappa shape index (κ2) is 7.06. The van der Waals surface area contributed by atoms with Crippen molar-refractivity contribution in [3.05, 3.63) is 65.6 Å². The molecule has 0 aliphatic heterocycles. The van der Waals surface area contributed by atoms with E-state index in [1.54, 1.807) is 48.0 Å². The fourth-order valence-corrected chi connectivity index (χ4v) is 1.63. The molecule has 0 radical (unpaired) electrons. The Morgan fingerprint density at radius 1 is 1.19 bits per heavy atom. The lowest BCUT2D eigenvalue weighted by molar-refractivity contribution is -0.116. The van der Waals surface area contributed by atoms with Crippen LogP contribution in [0.2, 0.25) is 0 Å². The Morgan fingerprint density at radius 2 is 1.95 bits per heavy atom. The van der Waals surface area contributed by atoms with Crippen LogP contribution in [0.3, 0.4) is 0 Å². The van der Waals surface area contributed by atoms with Crippen LogP contribution in [0.15, 0.2) is 53.2 Å². The molecule has 2 rings (SSSR count). The van der Waals surface area contributed by atoms with Gasteiger partial charge in [-0.25, -0.2) is 5.48 Å². The van der Waals surface area contributed by atoms with Gasteiger partial charge >= 0.3 is 0 Å². The summed E-state index contributed by atoms with van der Waals surface area (Å²) in [7, 11) is 0. The monoisotopic (exact) mass is 286 g/mol. The van der Waals surface area contributed by atoms with Crippen molar-refractivity contribution in [2.75, 3.05) is 0 Å². The molecule has 3 N–H and O–H groups in total. The molecule has 21 heavy (non-hydrogen) atoms. The zero-order valence-electron chi connectivity index (χ0n) is 11.1. The molecular formula is C15H14N2O4. The summed E-state index contributed by atoms with van der Waals surface area (Å²) in [5.41, 5.74) is 2.73. The Kier molecular flexibility index (Phi) is 4.89. The minimum atomic E-state index is -0.577. The van der Waals surface area contributed by atoms with E-state index in [-0.39, 0.29) is 5.91 Å². The van der Waals surface area contributed by atoms with Crippen LogP contribution >= 0.6 is 0 Å². The summed E-state index contributed by atoms with van der Waals surface area (Å²) in [6.45, 7) is 0.336. The highest BCUT2D eigenvalue weighted by Gasteiger charge is 2.03. The highest BCUT2D eigenvalue weighted by molar-refractivity contribution is 5.93. The van der Waals surface area contributed by atoms with Crippen molar-refractivity contribution >= 4 is 17.9 Å². The van der Waals surface area contributed by atoms with Gasteiger partial charge in [0, 0.05) is 18.2 Å². The first-order chi connectivity index (χ1) is 10.2. The lowest BCUT2D eigenvalue weighted by Gasteiger charge is -2.04.